The second kappa shape index (κ2) is 6.67. The van der Waals surface area contributed by atoms with Crippen LogP contribution in [0.15, 0.2) is 30.3 Å². The van der Waals surface area contributed by atoms with Crippen LogP contribution in [0.4, 0.5) is 0 Å². The molecule has 2 aliphatic heterocycles. The van der Waals surface area contributed by atoms with Crippen molar-refractivity contribution in [1.29, 1.82) is 0 Å². The first-order valence-electron chi connectivity index (χ1n) is 8.32. The van der Waals surface area contributed by atoms with E-state index in [0.717, 1.165) is 19.3 Å². The highest BCUT2D eigenvalue weighted by molar-refractivity contribution is 5.13. The van der Waals surface area contributed by atoms with Crippen LogP contribution in [0, 0.1) is 0 Å². The fraction of sp³-hybridized carbons (Fsp3) is 0.667. The van der Waals surface area contributed by atoms with Gasteiger partial charge in [0.1, 0.15) is 12.2 Å². The van der Waals surface area contributed by atoms with Gasteiger partial charge in [-0.3, -0.25) is 0 Å². The second-order valence-electron chi connectivity index (χ2n) is 6.28. The number of rotatable bonds is 6. The minimum Gasteiger partial charge on any atom is -0.368 e. The molecule has 0 saturated carbocycles. The predicted octanol–water partition coefficient (Wildman–Crippen LogP) is 3.64. The largest absolute Gasteiger partial charge is 0.368 e. The Morgan fingerprint density at radius 3 is 2.59 bits per heavy atom. The Hall–Kier alpha value is -0.940. The van der Waals surface area contributed by atoms with Crippen molar-refractivity contribution in [2.45, 2.75) is 77.0 Å². The van der Waals surface area contributed by atoms with Gasteiger partial charge in [-0.15, -0.1) is 0 Å². The van der Waals surface area contributed by atoms with Crippen LogP contribution >= 0.6 is 0 Å². The Balaban J connectivity index is 1.68. The molecule has 2 heterocycles. The summed E-state index contributed by atoms with van der Waals surface area (Å²) in [4.78, 5) is 0. The highest BCUT2D eigenvalue weighted by atomic mass is 16.8. The molecule has 5 atom stereocenters. The zero-order chi connectivity index (χ0) is 15.6. The minimum absolute atomic E-state index is 0.0464. The summed E-state index contributed by atoms with van der Waals surface area (Å²) >= 11 is 0. The summed E-state index contributed by atoms with van der Waals surface area (Å²) in [7, 11) is 0. The van der Waals surface area contributed by atoms with Crippen molar-refractivity contribution in [2.75, 3.05) is 0 Å². The molecule has 3 rings (SSSR count). The van der Waals surface area contributed by atoms with E-state index in [1.165, 1.54) is 5.56 Å². The van der Waals surface area contributed by atoms with Gasteiger partial charge in [-0.25, -0.2) is 0 Å². The first-order chi connectivity index (χ1) is 10.6. The molecule has 0 N–H and O–H groups in total. The molecule has 0 aliphatic carbocycles. The molecule has 0 aromatic heterocycles. The van der Waals surface area contributed by atoms with Crippen LogP contribution in [0.3, 0.4) is 0 Å². The normalized spacial score (nSPS) is 37.4. The van der Waals surface area contributed by atoms with Crippen LogP contribution in [-0.4, -0.2) is 30.4 Å². The lowest BCUT2D eigenvalue weighted by atomic mass is 10.1. The van der Waals surface area contributed by atoms with E-state index in [0.29, 0.717) is 6.61 Å². The summed E-state index contributed by atoms with van der Waals surface area (Å²) in [5.74, 6) is -0.555. The molecule has 0 amide bonds. The van der Waals surface area contributed by atoms with Crippen LogP contribution in [0.2, 0.25) is 0 Å². The first-order valence-corrected chi connectivity index (χ1v) is 8.32. The van der Waals surface area contributed by atoms with Crippen LogP contribution in [-0.2, 0) is 25.6 Å². The number of hydrogen-bond donors (Lipinski definition) is 0. The molecule has 2 fully saturated rings. The van der Waals surface area contributed by atoms with E-state index in [1.807, 2.05) is 25.1 Å². The minimum atomic E-state index is -0.555. The van der Waals surface area contributed by atoms with Crippen molar-refractivity contribution in [2.24, 2.45) is 0 Å². The molecule has 2 aliphatic rings. The monoisotopic (exact) mass is 306 g/mol. The molecule has 122 valence electrons. The van der Waals surface area contributed by atoms with Gasteiger partial charge < -0.3 is 18.9 Å². The summed E-state index contributed by atoms with van der Waals surface area (Å²) in [6.07, 6.45) is 2.35. The maximum Gasteiger partial charge on any atom is 0.190 e. The third-order valence-corrected chi connectivity index (χ3v) is 4.52. The fourth-order valence-corrected chi connectivity index (χ4v) is 3.12. The molecular formula is C18H26O4. The van der Waals surface area contributed by atoms with Gasteiger partial charge >= 0.3 is 0 Å². The Morgan fingerprint density at radius 2 is 1.91 bits per heavy atom. The van der Waals surface area contributed by atoms with Crippen molar-refractivity contribution < 1.29 is 18.9 Å². The Kier molecular flexibility index (Phi) is 4.83. The topological polar surface area (TPSA) is 36.9 Å². The van der Waals surface area contributed by atoms with Gasteiger partial charge in [-0.05, 0) is 25.3 Å². The maximum absolute atomic E-state index is 6.18. The Morgan fingerprint density at radius 1 is 1.14 bits per heavy atom. The van der Waals surface area contributed by atoms with Gasteiger partial charge in [0.25, 0.3) is 0 Å². The first kappa shape index (κ1) is 15.9. The highest BCUT2D eigenvalue weighted by Gasteiger charge is 2.55. The zero-order valence-electron chi connectivity index (χ0n) is 13.7. The lowest BCUT2D eigenvalue weighted by Crippen LogP contribution is -2.37. The molecule has 4 heteroatoms. The molecule has 0 bridgehead atoms. The standard InChI is InChI=1S/C18H26O4/c1-4-9-14-15(19-12-13-10-7-6-8-11-13)16-17(20-14)22-18(3,5-2)21-16/h6-8,10-11,14-17H,4-5,9,12H2,1-3H3/t14-,15+,16-,17-,18?/m1/s1. The number of benzene rings is 1. The van der Waals surface area contributed by atoms with E-state index in [1.54, 1.807) is 0 Å². The van der Waals surface area contributed by atoms with Crippen molar-refractivity contribution in [3.05, 3.63) is 35.9 Å². The molecular weight excluding hydrogens is 280 g/mol. The van der Waals surface area contributed by atoms with E-state index in [9.17, 15) is 0 Å². The molecule has 0 radical (unpaired) electrons. The van der Waals surface area contributed by atoms with Crippen LogP contribution in [0.1, 0.15) is 45.6 Å². The second-order valence-corrected chi connectivity index (χ2v) is 6.28. The van der Waals surface area contributed by atoms with Gasteiger partial charge in [-0.2, -0.15) is 0 Å². The molecule has 22 heavy (non-hydrogen) atoms. The summed E-state index contributed by atoms with van der Waals surface area (Å²) in [5, 5.41) is 0. The molecule has 1 unspecified atom stereocenters. The van der Waals surface area contributed by atoms with E-state index in [-0.39, 0.29) is 24.6 Å². The van der Waals surface area contributed by atoms with E-state index in [4.69, 9.17) is 18.9 Å². The lowest BCUT2D eigenvalue weighted by Gasteiger charge is -2.27. The average Bonchev–Trinajstić information content (AvgIpc) is 3.01. The number of ether oxygens (including phenoxy) is 4. The highest BCUT2D eigenvalue weighted by Crippen LogP contribution is 2.41. The summed E-state index contributed by atoms with van der Waals surface area (Å²) in [6.45, 7) is 6.76. The predicted molar refractivity (Wildman–Crippen MR) is 83.2 cm³/mol. The van der Waals surface area contributed by atoms with E-state index >= 15 is 0 Å². The van der Waals surface area contributed by atoms with Crippen LogP contribution < -0.4 is 0 Å². The van der Waals surface area contributed by atoms with Crippen molar-refractivity contribution in [3.63, 3.8) is 0 Å². The third kappa shape index (κ3) is 3.20. The van der Waals surface area contributed by atoms with Crippen LogP contribution in [0.5, 0.6) is 0 Å². The van der Waals surface area contributed by atoms with Crippen molar-refractivity contribution in [1.82, 2.24) is 0 Å². The SMILES string of the molecule is CCC[C@H]1O[C@@H]2OC(C)(CC)O[C@@H]2[C@H]1OCc1ccccc1. The summed E-state index contributed by atoms with van der Waals surface area (Å²) in [6, 6.07) is 10.2. The number of hydrogen-bond acceptors (Lipinski definition) is 4. The third-order valence-electron chi connectivity index (χ3n) is 4.52. The molecule has 1 aromatic carbocycles. The van der Waals surface area contributed by atoms with Gasteiger partial charge in [0, 0.05) is 0 Å². The van der Waals surface area contributed by atoms with Gasteiger partial charge in [0.15, 0.2) is 12.1 Å². The molecule has 2 saturated heterocycles. The van der Waals surface area contributed by atoms with Crippen molar-refractivity contribution >= 4 is 0 Å². The lowest BCUT2D eigenvalue weighted by molar-refractivity contribution is -0.229. The van der Waals surface area contributed by atoms with Crippen LogP contribution in [0.25, 0.3) is 0 Å². The fourth-order valence-electron chi connectivity index (χ4n) is 3.12. The van der Waals surface area contributed by atoms with Gasteiger partial charge in [-0.1, -0.05) is 50.6 Å². The number of fused-ring (bicyclic) bond motifs is 1. The molecule has 1 aromatic rings. The smallest absolute Gasteiger partial charge is 0.190 e. The summed E-state index contributed by atoms with van der Waals surface area (Å²) < 4.78 is 24.3. The Labute approximate surface area is 132 Å². The van der Waals surface area contributed by atoms with Gasteiger partial charge in [0.2, 0.25) is 0 Å². The quantitative estimate of drug-likeness (QED) is 0.804. The maximum atomic E-state index is 6.18. The average molecular weight is 306 g/mol. The van der Waals surface area contributed by atoms with Gasteiger partial charge in [0.05, 0.1) is 12.7 Å². The van der Waals surface area contributed by atoms with E-state index in [2.05, 4.69) is 26.0 Å². The van der Waals surface area contributed by atoms with E-state index < -0.39 is 5.79 Å². The summed E-state index contributed by atoms with van der Waals surface area (Å²) in [5.41, 5.74) is 1.17. The molecule has 4 nitrogen and oxygen atoms in total. The Bertz CT molecular complexity index is 477. The molecule has 0 spiro atoms. The van der Waals surface area contributed by atoms with Crippen molar-refractivity contribution in [3.8, 4) is 0 Å². The zero-order valence-corrected chi connectivity index (χ0v) is 13.7.